The number of esters is 2. The molecule has 0 amide bonds. The van der Waals surface area contributed by atoms with Crippen molar-refractivity contribution in [2.45, 2.75) is 143 Å². The highest BCUT2D eigenvalue weighted by atomic mass is 16.5. The zero-order valence-corrected chi connectivity index (χ0v) is 31.2. The molecule has 0 aromatic heterocycles. The molecule has 0 aromatic rings. The summed E-state index contributed by atoms with van der Waals surface area (Å²) < 4.78 is 11.6. The van der Waals surface area contributed by atoms with E-state index in [9.17, 15) is 30.0 Å². The van der Waals surface area contributed by atoms with Gasteiger partial charge in [-0.25, -0.2) is 0 Å². The quantitative estimate of drug-likeness (QED) is 0.124. The molecule has 49 heavy (non-hydrogen) atoms. The van der Waals surface area contributed by atoms with Crippen LogP contribution in [0.5, 0.6) is 0 Å². The van der Waals surface area contributed by atoms with Gasteiger partial charge in [0.25, 0.3) is 0 Å². The lowest BCUT2D eigenvalue weighted by atomic mass is 9.35. The fraction of sp³-hybridized carbons (Fsp3) is 0.805. The lowest BCUT2D eigenvalue weighted by Gasteiger charge is -2.70. The van der Waals surface area contributed by atoms with Crippen LogP contribution in [-0.4, -0.2) is 70.0 Å². The molecule has 278 valence electrons. The normalized spacial score (nSPS) is 44.5. The first-order valence-corrected chi connectivity index (χ1v) is 18.7. The third-order valence-electron chi connectivity index (χ3n) is 14.9. The summed E-state index contributed by atoms with van der Waals surface area (Å²) in [5.74, 6) is -0.621. The smallest absolute Gasteiger partial charge is 0.306 e. The van der Waals surface area contributed by atoms with Crippen molar-refractivity contribution in [3.8, 4) is 0 Å². The second kappa shape index (κ2) is 14.6. The molecule has 0 radical (unpaired) electrons. The number of fused-ring (bicyclic) bond motifs is 2. The molecule has 12 atom stereocenters. The molecule has 4 aliphatic rings. The van der Waals surface area contributed by atoms with E-state index >= 15 is 0 Å². The van der Waals surface area contributed by atoms with E-state index in [4.69, 9.17) is 9.47 Å². The van der Waals surface area contributed by atoms with Gasteiger partial charge >= 0.3 is 11.9 Å². The number of carbonyl (C=O) groups is 2. The Labute approximate surface area is 295 Å². The van der Waals surface area contributed by atoms with E-state index in [-0.39, 0.29) is 66.0 Å². The SMILES string of the molecule is C=CCCC(=O)OC[C@@]12C(CC(C)(C)[C@@H](O)[C@@H]1O)C[C@](C)([C@]1(C)CCC3[C@](C)(CC[C@H](O)[C@]3(C)COC(=O)CCC=C)C1CC=C)C[C@H]2O. The summed E-state index contributed by atoms with van der Waals surface area (Å²) in [5, 5.41) is 47.0. The van der Waals surface area contributed by atoms with Crippen LogP contribution in [0.1, 0.15) is 119 Å². The summed E-state index contributed by atoms with van der Waals surface area (Å²) >= 11 is 0. The standard InChI is InChI=1S/C41H66O8/c1-10-13-16-32(44)48-25-39(8)28-18-21-40(9,29(15-12-3)38(28,7)20-19-30(39)42)37(6)23-27-22-36(4,5)34(46)35(47)41(27,31(43)24-37)26-49-33(45)17-14-11-2/h10-12,27-31,34-35,42-43,46-47H,1-3,13-26H2,4-9H3/t27?,28?,29?,30-,31+,34-,35-,37-,38-,39+,40+,41-/m0/s1. The molecule has 4 fully saturated rings. The first kappa shape index (κ1) is 39.8. The molecule has 0 saturated heterocycles. The molecule has 4 saturated carbocycles. The molecule has 4 N–H and O–H groups in total. The van der Waals surface area contributed by atoms with Gasteiger partial charge in [-0.2, -0.15) is 0 Å². The van der Waals surface area contributed by atoms with Crippen LogP contribution in [0.15, 0.2) is 38.0 Å². The van der Waals surface area contributed by atoms with Crippen LogP contribution in [-0.2, 0) is 19.1 Å². The molecular weight excluding hydrogens is 620 g/mol. The summed E-state index contributed by atoms with van der Waals surface area (Å²) in [6.45, 7) is 24.6. The number of rotatable bonds is 13. The molecule has 4 aliphatic carbocycles. The minimum atomic E-state index is -1.26. The van der Waals surface area contributed by atoms with Gasteiger partial charge in [-0.15, -0.1) is 19.7 Å². The molecule has 8 heteroatoms. The molecule has 0 aliphatic heterocycles. The molecule has 4 rings (SSSR count). The fourth-order valence-corrected chi connectivity index (χ4v) is 11.7. The van der Waals surface area contributed by atoms with Gasteiger partial charge in [0, 0.05) is 18.3 Å². The highest BCUT2D eigenvalue weighted by Gasteiger charge is 2.70. The predicted octanol–water partition coefficient (Wildman–Crippen LogP) is 6.70. The van der Waals surface area contributed by atoms with E-state index in [1.807, 2.05) is 19.9 Å². The van der Waals surface area contributed by atoms with Crippen molar-refractivity contribution in [1.29, 1.82) is 0 Å². The molecule has 0 spiro atoms. The molecule has 0 aromatic carbocycles. The highest BCUT2D eigenvalue weighted by molar-refractivity contribution is 5.70. The Morgan fingerprint density at radius 1 is 0.735 bits per heavy atom. The van der Waals surface area contributed by atoms with E-state index in [1.54, 1.807) is 12.2 Å². The maximum absolute atomic E-state index is 12.7. The number of hydrogen-bond acceptors (Lipinski definition) is 8. The third-order valence-corrected chi connectivity index (χ3v) is 14.9. The molecule has 0 heterocycles. The number of allylic oxidation sites excluding steroid dienone is 3. The fourth-order valence-electron chi connectivity index (χ4n) is 11.7. The van der Waals surface area contributed by atoms with Crippen LogP contribution in [0.25, 0.3) is 0 Å². The van der Waals surface area contributed by atoms with Gasteiger partial charge in [-0.1, -0.05) is 59.8 Å². The predicted molar refractivity (Wildman–Crippen MR) is 191 cm³/mol. The van der Waals surface area contributed by atoms with Crippen molar-refractivity contribution >= 4 is 11.9 Å². The van der Waals surface area contributed by atoms with E-state index in [2.05, 4.69) is 47.4 Å². The summed E-state index contributed by atoms with van der Waals surface area (Å²) in [7, 11) is 0. The number of aliphatic hydroxyl groups is 4. The average Bonchev–Trinajstić information content (AvgIpc) is 3.04. The monoisotopic (exact) mass is 686 g/mol. The Morgan fingerprint density at radius 3 is 1.90 bits per heavy atom. The van der Waals surface area contributed by atoms with Crippen LogP contribution >= 0.6 is 0 Å². The van der Waals surface area contributed by atoms with E-state index in [0.717, 1.165) is 25.7 Å². The second-order valence-corrected chi connectivity index (χ2v) is 18.0. The van der Waals surface area contributed by atoms with Crippen LogP contribution in [0, 0.1) is 50.2 Å². The molecule has 0 bridgehead atoms. The second-order valence-electron chi connectivity index (χ2n) is 18.0. The minimum absolute atomic E-state index is 0.103. The summed E-state index contributed by atoms with van der Waals surface area (Å²) in [4.78, 5) is 25.3. The van der Waals surface area contributed by atoms with Gasteiger partial charge in [0.05, 0.1) is 36.4 Å². The van der Waals surface area contributed by atoms with Crippen molar-refractivity contribution in [2.75, 3.05) is 13.2 Å². The average molecular weight is 687 g/mol. The Bertz CT molecular complexity index is 1250. The van der Waals surface area contributed by atoms with Crippen LogP contribution < -0.4 is 0 Å². The summed E-state index contributed by atoms with van der Waals surface area (Å²) in [5.41, 5.74) is -3.22. The van der Waals surface area contributed by atoms with Gasteiger partial charge in [-0.05, 0) is 104 Å². The molecule has 8 nitrogen and oxygen atoms in total. The number of aliphatic hydroxyl groups excluding tert-OH is 4. The van der Waals surface area contributed by atoms with Gasteiger partial charge in [0.15, 0.2) is 0 Å². The zero-order valence-electron chi connectivity index (χ0n) is 31.2. The molecular formula is C41H66O8. The molecule has 3 unspecified atom stereocenters. The topological polar surface area (TPSA) is 134 Å². The largest absolute Gasteiger partial charge is 0.465 e. The number of carbonyl (C=O) groups excluding carboxylic acids is 2. The van der Waals surface area contributed by atoms with Crippen LogP contribution in [0.4, 0.5) is 0 Å². The number of ether oxygens (including phenoxy) is 2. The highest BCUT2D eigenvalue weighted by Crippen LogP contribution is 2.73. The summed E-state index contributed by atoms with van der Waals surface area (Å²) in [6.07, 6.45) is 8.48. The zero-order chi connectivity index (χ0) is 36.6. The van der Waals surface area contributed by atoms with Gasteiger partial charge in [-0.3, -0.25) is 9.59 Å². The lowest BCUT2D eigenvalue weighted by Crippen LogP contribution is -2.70. The Hall–Kier alpha value is -2.00. The minimum Gasteiger partial charge on any atom is -0.465 e. The van der Waals surface area contributed by atoms with Crippen molar-refractivity contribution in [2.24, 2.45) is 50.2 Å². The Morgan fingerprint density at radius 2 is 1.33 bits per heavy atom. The lowest BCUT2D eigenvalue weighted by molar-refractivity contribution is -0.277. The van der Waals surface area contributed by atoms with E-state index < -0.39 is 46.6 Å². The van der Waals surface area contributed by atoms with Crippen molar-refractivity contribution in [1.82, 2.24) is 0 Å². The first-order chi connectivity index (χ1) is 22.8. The van der Waals surface area contributed by atoms with Gasteiger partial charge < -0.3 is 29.9 Å². The van der Waals surface area contributed by atoms with Gasteiger partial charge in [0.2, 0.25) is 0 Å². The van der Waals surface area contributed by atoms with Crippen LogP contribution in [0.2, 0.25) is 0 Å². The van der Waals surface area contributed by atoms with Crippen molar-refractivity contribution < 1.29 is 39.5 Å². The van der Waals surface area contributed by atoms with Crippen molar-refractivity contribution in [3.05, 3.63) is 38.0 Å². The Balaban J connectivity index is 1.70. The van der Waals surface area contributed by atoms with Crippen molar-refractivity contribution in [3.63, 3.8) is 0 Å². The van der Waals surface area contributed by atoms with E-state index in [1.165, 1.54) is 0 Å². The number of hydrogen-bond donors (Lipinski definition) is 4. The summed E-state index contributed by atoms with van der Waals surface area (Å²) in [6, 6.07) is 0. The van der Waals surface area contributed by atoms with Gasteiger partial charge in [0.1, 0.15) is 6.61 Å². The van der Waals surface area contributed by atoms with E-state index in [0.29, 0.717) is 38.5 Å². The maximum atomic E-state index is 12.7. The maximum Gasteiger partial charge on any atom is 0.306 e. The third kappa shape index (κ3) is 6.73. The van der Waals surface area contributed by atoms with Crippen LogP contribution in [0.3, 0.4) is 0 Å². The first-order valence-electron chi connectivity index (χ1n) is 18.7. The Kier molecular flexibility index (Phi) is 11.8.